The Hall–Kier alpha value is -1.35. The molecule has 2 rings (SSSR count). The van der Waals surface area contributed by atoms with E-state index in [-0.39, 0.29) is 17.9 Å². The van der Waals surface area contributed by atoms with E-state index in [1.807, 2.05) is 19.1 Å². The first-order valence-corrected chi connectivity index (χ1v) is 6.77. The van der Waals surface area contributed by atoms with Crippen molar-refractivity contribution in [2.45, 2.75) is 45.2 Å². The Morgan fingerprint density at radius 2 is 2.22 bits per heavy atom. The van der Waals surface area contributed by atoms with Crippen LogP contribution in [0.15, 0.2) is 24.3 Å². The summed E-state index contributed by atoms with van der Waals surface area (Å²) < 4.78 is 0. The summed E-state index contributed by atoms with van der Waals surface area (Å²) in [6.45, 7) is 4.08. The second kappa shape index (κ2) is 5.53. The third kappa shape index (κ3) is 2.56. The Bertz CT molecular complexity index is 430. The summed E-state index contributed by atoms with van der Waals surface area (Å²) in [5.41, 5.74) is 8.56. The summed E-state index contributed by atoms with van der Waals surface area (Å²) in [7, 11) is 0. The largest absolute Gasteiger partial charge is 0.348 e. The second-order valence-corrected chi connectivity index (χ2v) is 5.21. The van der Waals surface area contributed by atoms with Gasteiger partial charge in [0.1, 0.15) is 0 Å². The summed E-state index contributed by atoms with van der Waals surface area (Å²) >= 11 is 0. The fourth-order valence-electron chi connectivity index (χ4n) is 2.49. The Morgan fingerprint density at radius 3 is 2.94 bits per heavy atom. The van der Waals surface area contributed by atoms with Crippen molar-refractivity contribution in [2.75, 3.05) is 0 Å². The number of fused-ring (bicyclic) bond motifs is 1. The molecule has 0 spiro atoms. The molecule has 0 saturated carbocycles. The van der Waals surface area contributed by atoms with Crippen LogP contribution in [0.1, 0.15) is 43.9 Å². The second-order valence-electron chi connectivity index (χ2n) is 5.21. The summed E-state index contributed by atoms with van der Waals surface area (Å²) in [5.74, 6) is 0.202. The lowest BCUT2D eigenvalue weighted by molar-refractivity contribution is -0.124. The first-order chi connectivity index (χ1) is 8.63. The fourth-order valence-corrected chi connectivity index (χ4v) is 2.49. The van der Waals surface area contributed by atoms with Crippen LogP contribution >= 0.6 is 0 Å². The minimum atomic E-state index is -0.400. The molecule has 98 valence electrons. The molecule has 1 unspecified atom stereocenters. The summed E-state index contributed by atoms with van der Waals surface area (Å²) in [6.07, 6.45) is 2.95. The Morgan fingerprint density at radius 1 is 1.50 bits per heavy atom. The molecule has 0 aromatic heterocycles. The van der Waals surface area contributed by atoms with E-state index in [9.17, 15) is 4.79 Å². The maximum Gasteiger partial charge on any atom is 0.237 e. The molecule has 1 aromatic rings. The first kappa shape index (κ1) is 13.1. The zero-order valence-electron chi connectivity index (χ0n) is 11.1. The van der Waals surface area contributed by atoms with Crippen molar-refractivity contribution >= 4 is 5.91 Å². The zero-order chi connectivity index (χ0) is 13.1. The van der Waals surface area contributed by atoms with Gasteiger partial charge in [-0.15, -0.1) is 0 Å². The molecule has 0 bridgehead atoms. The third-order valence-corrected chi connectivity index (χ3v) is 4.01. The van der Waals surface area contributed by atoms with E-state index in [4.69, 9.17) is 5.73 Å². The molecular weight excluding hydrogens is 224 g/mol. The van der Waals surface area contributed by atoms with Crippen molar-refractivity contribution < 1.29 is 4.79 Å². The minimum Gasteiger partial charge on any atom is -0.348 e. The summed E-state index contributed by atoms with van der Waals surface area (Å²) in [5, 5.41) is 3.09. The molecule has 1 aromatic carbocycles. The summed E-state index contributed by atoms with van der Waals surface area (Å²) in [6, 6.07) is 8.05. The monoisotopic (exact) mass is 246 g/mol. The number of carbonyl (C=O) groups is 1. The number of nitrogens with two attached hydrogens (primary N) is 1. The normalized spacial score (nSPS) is 21.2. The van der Waals surface area contributed by atoms with Gasteiger partial charge in [-0.2, -0.15) is 0 Å². The van der Waals surface area contributed by atoms with Crippen molar-refractivity contribution in [3.8, 4) is 0 Å². The molecule has 3 nitrogen and oxygen atoms in total. The third-order valence-electron chi connectivity index (χ3n) is 4.01. The number of rotatable bonds is 4. The molecule has 3 heteroatoms. The van der Waals surface area contributed by atoms with Crippen molar-refractivity contribution in [2.24, 2.45) is 11.7 Å². The smallest absolute Gasteiger partial charge is 0.237 e. The first-order valence-electron chi connectivity index (χ1n) is 6.77. The number of hydrogen-bond acceptors (Lipinski definition) is 2. The van der Waals surface area contributed by atoms with Crippen LogP contribution in [0.2, 0.25) is 0 Å². The molecule has 3 atom stereocenters. The highest BCUT2D eigenvalue weighted by Gasteiger charge is 2.26. The van der Waals surface area contributed by atoms with Gasteiger partial charge in [0.05, 0.1) is 12.1 Å². The quantitative estimate of drug-likeness (QED) is 0.855. The molecular formula is C15H22N2O. The van der Waals surface area contributed by atoms with E-state index < -0.39 is 6.04 Å². The number of benzene rings is 1. The average Bonchev–Trinajstić information content (AvgIpc) is 2.80. The van der Waals surface area contributed by atoms with Crippen molar-refractivity contribution in [1.29, 1.82) is 0 Å². The van der Waals surface area contributed by atoms with Gasteiger partial charge in [-0.25, -0.2) is 0 Å². The van der Waals surface area contributed by atoms with E-state index in [0.29, 0.717) is 0 Å². The van der Waals surface area contributed by atoms with Crippen molar-refractivity contribution in [1.82, 2.24) is 5.32 Å². The molecule has 1 amide bonds. The fraction of sp³-hybridized carbons (Fsp3) is 0.533. The lowest BCUT2D eigenvalue weighted by Gasteiger charge is -2.21. The van der Waals surface area contributed by atoms with E-state index >= 15 is 0 Å². The molecule has 18 heavy (non-hydrogen) atoms. The van der Waals surface area contributed by atoms with Crippen LogP contribution in [0, 0.1) is 5.92 Å². The van der Waals surface area contributed by atoms with Crippen molar-refractivity contribution in [3.05, 3.63) is 35.4 Å². The van der Waals surface area contributed by atoms with Crippen LogP contribution in [0.4, 0.5) is 0 Å². The Kier molecular flexibility index (Phi) is 4.02. The van der Waals surface area contributed by atoms with Crippen LogP contribution in [-0.2, 0) is 11.2 Å². The molecule has 0 saturated heterocycles. The average molecular weight is 246 g/mol. The van der Waals surface area contributed by atoms with Gasteiger partial charge in [0, 0.05) is 0 Å². The van der Waals surface area contributed by atoms with Crippen LogP contribution in [0.25, 0.3) is 0 Å². The molecule has 1 aliphatic rings. The van der Waals surface area contributed by atoms with Gasteiger partial charge >= 0.3 is 0 Å². The number of hydrogen-bond donors (Lipinski definition) is 2. The van der Waals surface area contributed by atoms with Crippen LogP contribution < -0.4 is 11.1 Å². The van der Waals surface area contributed by atoms with Gasteiger partial charge in [0.2, 0.25) is 5.91 Å². The van der Waals surface area contributed by atoms with Gasteiger partial charge in [0.25, 0.3) is 0 Å². The molecule has 3 N–H and O–H groups in total. The number of nitrogens with one attached hydrogen (secondary N) is 1. The van der Waals surface area contributed by atoms with E-state index in [0.717, 1.165) is 19.3 Å². The van der Waals surface area contributed by atoms with Crippen LogP contribution in [0.3, 0.4) is 0 Å². The number of aryl methyl sites for hydroxylation is 1. The molecule has 0 radical (unpaired) electrons. The molecule has 0 fully saturated rings. The standard InChI is InChI=1S/C15H22N2O/c1-3-10(2)14(16)15(18)17-13-9-8-11-6-4-5-7-12(11)13/h4-7,10,13-14H,3,8-9,16H2,1-2H3,(H,17,18)/t10-,13?,14-/m0/s1. The predicted octanol–water partition coefficient (Wildman–Crippen LogP) is 2.16. The van der Waals surface area contributed by atoms with Gasteiger partial charge < -0.3 is 11.1 Å². The van der Waals surface area contributed by atoms with Crippen LogP contribution in [0.5, 0.6) is 0 Å². The van der Waals surface area contributed by atoms with Crippen molar-refractivity contribution in [3.63, 3.8) is 0 Å². The number of carbonyl (C=O) groups excluding carboxylic acids is 1. The minimum absolute atomic E-state index is 0.0222. The van der Waals surface area contributed by atoms with Gasteiger partial charge in [-0.1, -0.05) is 44.5 Å². The van der Waals surface area contributed by atoms with Gasteiger partial charge in [-0.3, -0.25) is 4.79 Å². The Balaban J connectivity index is 2.02. The topological polar surface area (TPSA) is 55.1 Å². The molecule has 0 heterocycles. The molecule has 1 aliphatic carbocycles. The number of amides is 1. The lowest BCUT2D eigenvalue weighted by Crippen LogP contribution is -2.45. The predicted molar refractivity (Wildman–Crippen MR) is 73.1 cm³/mol. The Labute approximate surface area is 109 Å². The SMILES string of the molecule is CC[C@H](C)[C@H](N)C(=O)NC1CCc2ccccc21. The summed E-state index contributed by atoms with van der Waals surface area (Å²) in [4.78, 5) is 12.1. The van der Waals surface area contributed by atoms with Crippen LogP contribution in [-0.4, -0.2) is 11.9 Å². The van der Waals surface area contributed by atoms with Gasteiger partial charge in [-0.05, 0) is 29.9 Å². The highest BCUT2D eigenvalue weighted by Crippen LogP contribution is 2.30. The van der Waals surface area contributed by atoms with E-state index in [1.165, 1.54) is 11.1 Å². The zero-order valence-corrected chi connectivity index (χ0v) is 11.1. The lowest BCUT2D eigenvalue weighted by atomic mass is 9.98. The highest BCUT2D eigenvalue weighted by molar-refractivity contribution is 5.82. The van der Waals surface area contributed by atoms with E-state index in [1.54, 1.807) is 0 Å². The maximum absolute atomic E-state index is 12.1. The highest BCUT2D eigenvalue weighted by atomic mass is 16.2. The maximum atomic E-state index is 12.1. The van der Waals surface area contributed by atoms with E-state index in [2.05, 4.69) is 24.4 Å². The molecule has 0 aliphatic heterocycles. The van der Waals surface area contributed by atoms with Gasteiger partial charge in [0.15, 0.2) is 0 Å².